The highest BCUT2D eigenvalue weighted by Gasteiger charge is 2.42. The van der Waals surface area contributed by atoms with E-state index in [2.05, 4.69) is 35.2 Å². The van der Waals surface area contributed by atoms with Crippen LogP contribution in [-0.4, -0.2) is 66.5 Å². The largest absolute Gasteiger partial charge is 0.459 e. The van der Waals surface area contributed by atoms with E-state index in [1.807, 2.05) is 17.9 Å². The molecule has 1 saturated carbocycles. The molecule has 6 heteroatoms. The van der Waals surface area contributed by atoms with E-state index in [1.54, 1.807) is 0 Å². The van der Waals surface area contributed by atoms with Crippen molar-refractivity contribution in [1.82, 2.24) is 9.80 Å². The molecule has 4 rings (SSSR count). The van der Waals surface area contributed by atoms with Crippen molar-refractivity contribution < 1.29 is 19.4 Å². The quantitative estimate of drug-likeness (QED) is 0.635. The Labute approximate surface area is 192 Å². The first-order valence-corrected chi connectivity index (χ1v) is 12.4. The number of hydrogen-bond acceptors (Lipinski definition) is 5. The monoisotopic (exact) mass is 442 g/mol. The van der Waals surface area contributed by atoms with Crippen molar-refractivity contribution in [2.45, 2.75) is 51.9 Å². The maximum absolute atomic E-state index is 13.4. The predicted molar refractivity (Wildman–Crippen MR) is 124 cm³/mol. The summed E-state index contributed by atoms with van der Waals surface area (Å²) in [6.45, 7) is 6.79. The first-order chi connectivity index (χ1) is 15.7. The van der Waals surface area contributed by atoms with Crippen LogP contribution in [-0.2, 0) is 20.8 Å². The number of allylic oxidation sites excluding steroid dienone is 1. The second-order valence-electron chi connectivity index (χ2n) is 9.32. The van der Waals surface area contributed by atoms with Crippen LogP contribution in [0.5, 0.6) is 0 Å². The lowest BCUT2D eigenvalue weighted by atomic mass is 9.68. The van der Waals surface area contributed by atoms with Gasteiger partial charge in [-0.3, -0.25) is 9.69 Å². The van der Waals surface area contributed by atoms with Gasteiger partial charge in [0, 0.05) is 51.9 Å². The van der Waals surface area contributed by atoms with E-state index < -0.39 is 6.29 Å². The normalized spacial score (nSPS) is 26.9. The van der Waals surface area contributed by atoms with E-state index in [0.717, 1.165) is 32.5 Å². The fourth-order valence-electron chi connectivity index (χ4n) is 5.25. The molecule has 6 nitrogen and oxygen atoms in total. The number of benzene rings is 1. The van der Waals surface area contributed by atoms with Gasteiger partial charge in [-0.1, -0.05) is 36.8 Å². The highest BCUT2D eigenvalue weighted by molar-refractivity contribution is 5.91. The number of rotatable bonds is 9. The zero-order valence-corrected chi connectivity index (χ0v) is 19.3. The molecular weight excluding hydrogens is 404 g/mol. The lowest BCUT2D eigenvalue weighted by molar-refractivity contribution is -0.181. The highest BCUT2D eigenvalue weighted by atomic mass is 16.7. The molecule has 32 heavy (non-hydrogen) atoms. The smallest absolute Gasteiger partial charge is 0.288 e. The van der Waals surface area contributed by atoms with Gasteiger partial charge in [0.15, 0.2) is 5.76 Å². The summed E-state index contributed by atoms with van der Waals surface area (Å²) in [6, 6.07) is 10.5. The van der Waals surface area contributed by atoms with Gasteiger partial charge in [0.1, 0.15) is 0 Å². The van der Waals surface area contributed by atoms with Gasteiger partial charge in [0.25, 0.3) is 5.91 Å². The molecular formula is C26H38N2O4. The van der Waals surface area contributed by atoms with E-state index in [0.29, 0.717) is 37.3 Å². The van der Waals surface area contributed by atoms with Gasteiger partial charge in [-0.2, -0.15) is 0 Å². The van der Waals surface area contributed by atoms with Crippen LogP contribution in [0.3, 0.4) is 0 Å². The van der Waals surface area contributed by atoms with Crippen LogP contribution >= 0.6 is 0 Å². The Bertz CT molecular complexity index is 756. The second kappa shape index (κ2) is 11.3. The summed E-state index contributed by atoms with van der Waals surface area (Å²) in [5.41, 5.74) is 1.31. The Hall–Kier alpha value is -1.89. The Morgan fingerprint density at radius 1 is 1.16 bits per heavy atom. The molecule has 1 aliphatic carbocycles. The molecule has 0 spiro atoms. The van der Waals surface area contributed by atoms with Crippen LogP contribution in [0.1, 0.15) is 44.6 Å². The fourth-order valence-corrected chi connectivity index (χ4v) is 5.25. The molecule has 1 saturated heterocycles. The van der Waals surface area contributed by atoms with E-state index in [1.165, 1.54) is 24.8 Å². The molecule has 2 fully saturated rings. The Kier molecular flexibility index (Phi) is 8.22. The Morgan fingerprint density at radius 3 is 2.53 bits per heavy atom. The van der Waals surface area contributed by atoms with Crippen LogP contribution < -0.4 is 0 Å². The van der Waals surface area contributed by atoms with Crippen molar-refractivity contribution in [3.63, 3.8) is 0 Å². The molecule has 2 heterocycles. The average molecular weight is 443 g/mol. The molecule has 0 bridgehead atoms. The van der Waals surface area contributed by atoms with Crippen LogP contribution in [0.4, 0.5) is 0 Å². The van der Waals surface area contributed by atoms with E-state index in [-0.39, 0.29) is 18.4 Å². The molecule has 2 aliphatic heterocycles. The first-order valence-electron chi connectivity index (χ1n) is 12.4. The van der Waals surface area contributed by atoms with E-state index in [4.69, 9.17) is 9.47 Å². The van der Waals surface area contributed by atoms with Crippen LogP contribution in [0.2, 0.25) is 0 Å². The van der Waals surface area contributed by atoms with E-state index in [9.17, 15) is 9.90 Å². The number of aliphatic hydroxyl groups is 1. The van der Waals surface area contributed by atoms with Crippen molar-refractivity contribution in [3.05, 3.63) is 47.7 Å². The Morgan fingerprint density at radius 2 is 1.91 bits per heavy atom. The predicted octanol–water partition coefficient (Wildman–Crippen LogP) is 3.41. The van der Waals surface area contributed by atoms with Gasteiger partial charge >= 0.3 is 0 Å². The van der Waals surface area contributed by atoms with Gasteiger partial charge < -0.3 is 19.5 Å². The van der Waals surface area contributed by atoms with Gasteiger partial charge in [-0.25, -0.2) is 0 Å². The minimum atomic E-state index is -0.402. The second-order valence-corrected chi connectivity index (χ2v) is 9.32. The molecule has 0 radical (unpaired) electrons. The molecule has 1 amide bonds. The highest BCUT2D eigenvalue weighted by Crippen LogP contribution is 2.44. The zero-order chi connectivity index (χ0) is 22.3. The standard InChI is InChI=1S/C26H38N2O4/c1-2-31-26-22(12-7-17-29)23(21-10-6-11-21)18-24(32-26)25(30)28-15-13-27(14-16-28)19-20-8-4-3-5-9-20/h3-5,8-9,18,21-23,26,29H,2,6-7,10-17,19H2,1H3/t22-,23+,26+/m1/s1. The van der Waals surface area contributed by atoms with Gasteiger partial charge in [0.05, 0.1) is 0 Å². The summed E-state index contributed by atoms with van der Waals surface area (Å²) < 4.78 is 12.1. The van der Waals surface area contributed by atoms with Gasteiger partial charge in [0.2, 0.25) is 6.29 Å². The number of aliphatic hydroxyl groups excluding tert-OH is 1. The number of amides is 1. The van der Waals surface area contributed by atoms with Gasteiger partial charge in [-0.05, 0) is 56.1 Å². The van der Waals surface area contributed by atoms with Crippen molar-refractivity contribution in [3.8, 4) is 0 Å². The SMILES string of the molecule is CCO[C@H]1OC(C(=O)N2CCN(Cc3ccccc3)CC2)=C[C@@H](C2CCC2)[C@H]1CCCO. The lowest BCUT2D eigenvalue weighted by Gasteiger charge is -2.44. The molecule has 0 aromatic heterocycles. The summed E-state index contributed by atoms with van der Waals surface area (Å²) in [5, 5.41) is 9.37. The minimum Gasteiger partial charge on any atom is -0.459 e. The maximum atomic E-state index is 13.4. The van der Waals surface area contributed by atoms with Crippen molar-refractivity contribution in [2.75, 3.05) is 39.4 Å². The van der Waals surface area contributed by atoms with Gasteiger partial charge in [-0.15, -0.1) is 0 Å². The maximum Gasteiger partial charge on any atom is 0.288 e. The first kappa shape index (κ1) is 23.3. The summed E-state index contributed by atoms with van der Waals surface area (Å²) in [5.74, 6) is 1.55. The average Bonchev–Trinajstić information content (AvgIpc) is 2.78. The third kappa shape index (κ3) is 5.53. The topological polar surface area (TPSA) is 62.2 Å². The molecule has 3 aliphatic rings. The summed E-state index contributed by atoms with van der Waals surface area (Å²) in [4.78, 5) is 17.7. The van der Waals surface area contributed by atoms with Crippen molar-refractivity contribution >= 4 is 5.91 Å². The molecule has 1 aromatic rings. The summed E-state index contributed by atoms with van der Waals surface area (Å²) >= 11 is 0. The van der Waals surface area contributed by atoms with Crippen LogP contribution in [0.15, 0.2) is 42.2 Å². The summed E-state index contributed by atoms with van der Waals surface area (Å²) in [7, 11) is 0. The lowest BCUT2D eigenvalue weighted by Crippen LogP contribution is -2.50. The molecule has 3 atom stereocenters. The molecule has 0 unspecified atom stereocenters. The van der Waals surface area contributed by atoms with Crippen LogP contribution in [0.25, 0.3) is 0 Å². The van der Waals surface area contributed by atoms with E-state index >= 15 is 0 Å². The summed E-state index contributed by atoms with van der Waals surface area (Å²) in [6.07, 6.45) is 6.96. The fraction of sp³-hybridized carbons (Fsp3) is 0.654. The third-order valence-electron chi connectivity index (χ3n) is 7.27. The Balaban J connectivity index is 1.41. The third-order valence-corrected chi connectivity index (χ3v) is 7.27. The zero-order valence-electron chi connectivity index (χ0n) is 19.3. The molecule has 176 valence electrons. The van der Waals surface area contributed by atoms with Crippen molar-refractivity contribution in [1.29, 1.82) is 0 Å². The number of ether oxygens (including phenoxy) is 2. The van der Waals surface area contributed by atoms with Crippen molar-refractivity contribution in [2.24, 2.45) is 17.8 Å². The molecule has 1 aromatic carbocycles. The number of hydrogen-bond donors (Lipinski definition) is 1. The minimum absolute atomic E-state index is 0.000930. The molecule has 1 N–H and O–H groups in total. The number of piperazine rings is 1. The number of carbonyl (C=O) groups is 1. The number of carbonyl (C=O) groups excluding carboxylic acids is 1. The number of nitrogens with zero attached hydrogens (tertiary/aromatic N) is 2. The van der Waals surface area contributed by atoms with Crippen LogP contribution in [0, 0.1) is 17.8 Å².